The fourth-order valence-electron chi connectivity index (χ4n) is 2.10. The summed E-state index contributed by atoms with van der Waals surface area (Å²) in [7, 11) is 0. The monoisotopic (exact) mass is 353 g/mol. The Morgan fingerprint density at radius 3 is 2.55 bits per heavy atom. The lowest BCUT2D eigenvalue weighted by molar-refractivity contribution is -0.137. The van der Waals surface area contributed by atoms with Crippen molar-refractivity contribution in [3.63, 3.8) is 0 Å². The van der Waals surface area contributed by atoms with Crippen LogP contribution in [0.5, 0.6) is 0 Å². The summed E-state index contributed by atoms with van der Waals surface area (Å²) in [6.07, 6.45) is -1.96. The predicted molar refractivity (Wildman–Crippen MR) is 77.7 cm³/mol. The van der Waals surface area contributed by atoms with E-state index in [9.17, 15) is 13.2 Å². The lowest BCUT2D eigenvalue weighted by Crippen LogP contribution is -2.18. The molecule has 2 N–H and O–H groups in total. The molecule has 0 aliphatic rings. The van der Waals surface area contributed by atoms with Crippen LogP contribution in [-0.4, -0.2) is 18.3 Å². The van der Waals surface area contributed by atoms with Crippen molar-refractivity contribution < 1.29 is 18.3 Å². The average molecular weight is 354 g/mol. The van der Waals surface area contributed by atoms with E-state index in [1.807, 2.05) is 6.92 Å². The van der Waals surface area contributed by atoms with Crippen molar-refractivity contribution in [3.05, 3.63) is 28.2 Å². The van der Waals surface area contributed by atoms with Gasteiger partial charge in [0.05, 0.1) is 5.56 Å². The van der Waals surface area contributed by atoms with Gasteiger partial charge >= 0.3 is 6.18 Å². The van der Waals surface area contributed by atoms with Crippen LogP contribution in [0.4, 0.5) is 18.9 Å². The number of aliphatic hydroxyl groups is 1. The van der Waals surface area contributed by atoms with Gasteiger partial charge in [-0.2, -0.15) is 13.2 Å². The first-order valence-electron chi connectivity index (χ1n) is 6.60. The summed E-state index contributed by atoms with van der Waals surface area (Å²) in [5.74, 6) is 0.171. The van der Waals surface area contributed by atoms with E-state index >= 15 is 0 Å². The van der Waals surface area contributed by atoms with Crippen LogP contribution in [0.1, 0.15) is 31.7 Å². The normalized spacial score (nSPS) is 13.3. The molecule has 1 atom stereocenters. The zero-order chi connectivity index (χ0) is 15.2. The first-order valence-corrected chi connectivity index (χ1v) is 7.39. The van der Waals surface area contributed by atoms with Gasteiger partial charge in [0.2, 0.25) is 0 Å². The minimum absolute atomic E-state index is 0.0525. The van der Waals surface area contributed by atoms with E-state index in [2.05, 4.69) is 21.2 Å². The summed E-state index contributed by atoms with van der Waals surface area (Å²) < 4.78 is 39.3. The van der Waals surface area contributed by atoms with Crippen LogP contribution >= 0.6 is 15.9 Å². The molecule has 2 nitrogen and oxygen atoms in total. The minimum Gasteiger partial charge on any atom is -0.396 e. The van der Waals surface area contributed by atoms with Gasteiger partial charge in [0.15, 0.2) is 0 Å². The number of alkyl halides is 3. The van der Waals surface area contributed by atoms with E-state index in [0.29, 0.717) is 17.4 Å². The van der Waals surface area contributed by atoms with E-state index in [1.54, 1.807) is 0 Å². The molecule has 0 saturated carbocycles. The second-order valence-corrected chi connectivity index (χ2v) is 5.65. The molecule has 1 aromatic carbocycles. The Morgan fingerprint density at radius 1 is 1.30 bits per heavy atom. The molecule has 0 bridgehead atoms. The zero-order valence-corrected chi connectivity index (χ0v) is 12.9. The average Bonchev–Trinajstić information content (AvgIpc) is 2.35. The van der Waals surface area contributed by atoms with Crippen LogP contribution in [0.15, 0.2) is 22.7 Å². The first kappa shape index (κ1) is 17.3. The molecule has 0 spiro atoms. The number of hydrogen-bond donors (Lipinski definition) is 2. The summed E-state index contributed by atoms with van der Waals surface area (Å²) in [6, 6.07) is 3.88. The summed E-state index contributed by atoms with van der Waals surface area (Å²) in [5, 5.41) is 11.8. The van der Waals surface area contributed by atoms with Gasteiger partial charge in [0.25, 0.3) is 0 Å². The quantitative estimate of drug-likeness (QED) is 0.745. The SMILES string of the molecule is CCCC(CCO)CNc1cc(Br)ccc1C(F)(F)F. The Morgan fingerprint density at radius 2 is 2.00 bits per heavy atom. The number of benzene rings is 1. The summed E-state index contributed by atoms with van der Waals surface area (Å²) in [4.78, 5) is 0. The molecule has 0 aliphatic carbocycles. The van der Waals surface area contributed by atoms with Crippen molar-refractivity contribution in [2.24, 2.45) is 5.92 Å². The lowest BCUT2D eigenvalue weighted by atomic mass is 10.00. The maximum atomic E-state index is 12.9. The van der Waals surface area contributed by atoms with Crippen LogP contribution < -0.4 is 5.32 Å². The largest absolute Gasteiger partial charge is 0.418 e. The number of aliphatic hydroxyl groups excluding tert-OH is 1. The maximum absolute atomic E-state index is 12.9. The van der Waals surface area contributed by atoms with Gasteiger partial charge in [-0.05, 0) is 37.0 Å². The van der Waals surface area contributed by atoms with Crippen molar-refractivity contribution in [2.45, 2.75) is 32.4 Å². The highest BCUT2D eigenvalue weighted by molar-refractivity contribution is 9.10. The van der Waals surface area contributed by atoms with E-state index in [-0.39, 0.29) is 18.2 Å². The molecule has 1 unspecified atom stereocenters. The Kier molecular flexibility index (Phi) is 6.82. The second-order valence-electron chi connectivity index (χ2n) is 4.74. The molecule has 1 rings (SSSR count). The third kappa shape index (κ3) is 5.32. The first-order chi connectivity index (χ1) is 9.38. The highest BCUT2D eigenvalue weighted by Gasteiger charge is 2.33. The Hall–Kier alpha value is -0.750. The molecular weight excluding hydrogens is 335 g/mol. The predicted octanol–water partition coefficient (Wildman–Crippen LogP) is 4.68. The summed E-state index contributed by atoms with van der Waals surface area (Å²) >= 11 is 3.18. The minimum atomic E-state index is -4.37. The molecule has 0 radical (unpaired) electrons. The molecule has 6 heteroatoms. The zero-order valence-electron chi connectivity index (χ0n) is 11.3. The van der Waals surface area contributed by atoms with Crippen molar-refractivity contribution in [1.29, 1.82) is 0 Å². The van der Waals surface area contributed by atoms with Gasteiger partial charge < -0.3 is 10.4 Å². The van der Waals surface area contributed by atoms with Crippen molar-refractivity contribution in [3.8, 4) is 0 Å². The van der Waals surface area contributed by atoms with E-state index in [4.69, 9.17) is 5.11 Å². The van der Waals surface area contributed by atoms with Gasteiger partial charge in [0.1, 0.15) is 0 Å². The molecule has 0 aliphatic heterocycles. The summed E-state index contributed by atoms with van der Waals surface area (Å²) in [6.45, 7) is 2.50. The Bertz CT molecular complexity index is 417. The van der Waals surface area contributed by atoms with Gasteiger partial charge in [-0.3, -0.25) is 0 Å². The molecule has 0 saturated heterocycles. The molecule has 0 heterocycles. The van der Waals surface area contributed by atoms with Gasteiger partial charge in [0, 0.05) is 23.3 Å². The van der Waals surface area contributed by atoms with E-state index < -0.39 is 11.7 Å². The number of halogens is 4. The lowest BCUT2D eigenvalue weighted by Gasteiger charge is -2.19. The smallest absolute Gasteiger partial charge is 0.396 e. The number of rotatable bonds is 7. The fraction of sp³-hybridized carbons (Fsp3) is 0.571. The number of hydrogen-bond acceptors (Lipinski definition) is 2. The molecule has 114 valence electrons. The topological polar surface area (TPSA) is 32.3 Å². The number of anilines is 1. The maximum Gasteiger partial charge on any atom is 0.418 e. The van der Waals surface area contributed by atoms with Gasteiger partial charge in [-0.25, -0.2) is 0 Å². The molecule has 1 aromatic rings. The molecular formula is C14H19BrF3NO. The van der Waals surface area contributed by atoms with Gasteiger partial charge in [-0.1, -0.05) is 29.3 Å². The van der Waals surface area contributed by atoms with Crippen LogP contribution in [0.3, 0.4) is 0 Å². The Labute approximate surface area is 125 Å². The standard InChI is InChI=1S/C14H19BrF3NO/c1-2-3-10(6-7-20)9-19-13-8-11(15)4-5-12(13)14(16,17)18/h4-5,8,10,19-20H,2-3,6-7,9H2,1H3. The number of nitrogens with one attached hydrogen (secondary N) is 1. The molecule has 20 heavy (non-hydrogen) atoms. The third-order valence-electron chi connectivity index (χ3n) is 3.10. The van der Waals surface area contributed by atoms with E-state index in [0.717, 1.165) is 18.9 Å². The fourth-order valence-corrected chi connectivity index (χ4v) is 2.46. The van der Waals surface area contributed by atoms with E-state index in [1.165, 1.54) is 12.1 Å². The highest BCUT2D eigenvalue weighted by atomic mass is 79.9. The third-order valence-corrected chi connectivity index (χ3v) is 3.60. The highest BCUT2D eigenvalue weighted by Crippen LogP contribution is 2.36. The molecule has 0 amide bonds. The molecule has 0 aromatic heterocycles. The van der Waals surface area contributed by atoms with Crippen LogP contribution in [0.2, 0.25) is 0 Å². The Balaban J connectivity index is 2.82. The van der Waals surface area contributed by atoms with Crippen molar-refractivity contribution in [2.75, 3.05) is 18.5 Å². The van der Waals surface area contributed by atoms with Crippen LogP contribution in [0.25, 0.3) is 0 Å². The van der Waals surface area contributed by atoms with Gasteiger partial charge in [-0.15, -0.1) is 0 Å². The van der Waals surface area contributed by atoms with Crippen LogP contribution in [0, 0.1) is 5.92 Å². The second kappa shape index (κ2) is 7.88. The van der Waals surface area contributed by atoms with Crippen molar-refractivity contribution >= 4 is 21.6 Å². The van der Waals surface area contributed by atoms with Crippen molar-refractivity contribution in [1.82, 2.24) is 0 Å². The van der Waals surface area contributed by atoms with Crippen LogP contribution in [-0.2, 0) is 6.18 Å². The molecule has 0 fully saturated rings. The summed E-state index contributed by atoms with van der Waals surface area (Å²) in [5.41, 5.74) is -0.592.